The molecule has 3 saturated carbocycles. The number of hydrogen-bond acceptors (Lipinski definition) is 6. The zero-order chi connectivity index (χ0) is 18.7. The fraction of sp³-hybridized carbons (Fsp3) is 0.944. The van der Waals surface area contributed by atoms with Crippen molar-refractivity contribution in [2.75, 3.05) is 5.75 Å². The van der Waals surface area contributed by atoms with E-state index in [-0.39, 0.29) is 47.2 Å². The van der Waals surface area contributed by atoms with E-state index in [1.165, 1.54) is 0 Å². The van der Waals surface area contributed by atoms with Crippen molar-refractivity contribution >= 4 is 15.8 Å². The van der Waals surface area contributed by atoms with E-state index in [0.29, 0.717) is 19.3 Å². The fourth-order valence-corrected chi connectivity index (χ4v) is 8.47. The normalized spacial score (nSPS) is 48.5. The third-order valence-electron chi connectivity index (χ3n) is 7.74. The minimum absolute atomic E-state index is 0.103. The van der Waals surface area contributed by atoms with Gasteiger partial charge in [0.25, 0.3) is 0 Å². The number of fused-ring (bicyclic) bond motifs is 7. The Morgan fingerprint density at radius 2 is 1.85 bits per heavy atom. The third kappa shape index (κ3) is 2.02. The molecule has 26 heavy (non-hydrogen) atoms. The van der Waals surface area contributed by atoms with Crippen molar-refractivity contribution < 1.29 is 27.5 Å². The average molecular weight is 385 g/mol. The molecule has 5 rings (SSSR count). The van der Waals surface area contributed by atoms with Crippen LogP contribution in [0.5, 0.6) is 0 Å². The van der Waals surface area contributed by atoms with Gasteiger partial charge in [0, 0.05) is 11.8 Å². The number of nitrogens with zero attached hydrogens (tertiary/aromatic N) is 1. The number of ketones is 1. The number of rotatable bonds is 3. The molecule has 0 aromatic heterocycles. The van der Waals surface area contributed by atoms with Crippen molar-refractivity contribution in [3.05, 3.63) is 0 Å². The lowest BCUT2D eigenvalue weighted by Gasteiger charge is -2.38. The van der Waals surface area contributed by atoms with E-state index >= 15 is 0 Å². The molecule has 6 atom stereocenters. The van der Waals surface area contributed by atoms with Crippen LogP contribution in [0, 0.1) is 16.7 Å². The highest BCUT2D eigenvalue weighted by atomic mass is 32.2. The van der Waals surface area contributed by atoms with Gasteiger partial charge in [-0.15, -0.1) is 0 Å². The van der Waals surface area contributed by atoms with Gasteiger partial charge in [-0.2, -0.15) is 0 Å². The number of carbonyl (C=O) groups is 1. The molecular weight excluding hydrogens is 358 g/mol. The number of sulfonamides is 1. The van der Waals surface area contributed by atoms with Crippen LogP contribution in [0.1, 0.15) is 53.4 Å². The molecule has 0 aromatic carbocycles. The summed E-state index contributed by atoms with van der Waals surface area (Å²) in [7, 11) is -3.74. The lowest BCUT2D eigenvalue weighted by atomic mass is 9.70. The van der Waals surface area contributed by atoms with Crippen LogP contribution in [0.4, 0.5) is 0 Å². The number of ether oxygens (including phenoxy) is 2. The van der Waals surface area contributed by atoms with Gasteiger partial charge in [0.15, 0.2) is 5.79 Å². The van der Waals surface area contributed by atoms with Crippen LogP contribution < -0.4 is 0 Å². The van der Waals surface area contributed by atoms with Crippen LogP contribution in [0.2, 0.25) is 0 Å². The first-order valence-electron chi connectivity index (χ1n) is 9.55. The second kappa shape index (κ2) is 4.89. The molecular formula is C18H27NO6S. The van der Waals surface area contributed by atoms with Gasteiger partial charge < -0.3 is 9.47 Å². The Kier molecular flexibility index (Phi) is 3.30. The highest BCUT2D eigenvalue weighted by Crippen LogP contribution is 2.64. The van der Waals surface area contributed by atoms with Crippen molar-refractivity contribution in [2.24, 2.45) is 16.7 Å². The van der Waals surface area contributed by atoms with E-state index in [1.54, 1.807) is 0 Å². The van der Waals surface area contributed by atoms with Crippen LogP contribution in [0.25, 0.3) is 0 Å². The molecule has 0 unspecified atom stereocenters. The molecule has 0 N–H and O–H groups in total. The summed E-state index contributed by atoms with van der Waals surface area (Å²) in [6, 6.07) is -0.370. The van der Waals surface area contributed by atoms with Gasteiger partial charge in [0.05, 0.1) is 11.8 Å². The zero-order valence-corrected chi connectivity index (χ0v) is 16.5. The highest BCUT2D eigenvalue weighted by Gasteiger charge is 2.68. The summed E-state index contributed by atoms with van der Waals surface area (Å²) in [6.45, 7) is 7.77. The second-order valence-electron chi connectivity index (χ2n) is 9.69. The fourth-order valence-electron chi connectivity index (χ4n) is 6.18. The van der Waals surface area contributed by atoms with Gasteiger partial charge in [-0.25, -0.2) is 8.42 Å². The summed E-state index contributed by atoms with van der Waals surface area (Å²) in [5.74, 6) is -0.493. The van der Waals surface area contributed by atoms with Crippen LogP contribution in [-0.2, 0) is 29.1 Å². The number of hydroxylamine groups is 1. The first kappa shape index (κ1) is 17.6. The van der Waals surface area contributed by atoms with Crippen molar-refractivity contribution in [2.45, 2.75) is 83.5 Å². The van der Waals surface area contributed by atoms with Crippen LogP contribution in [0.3, 0.4) is 0 Å². The predicted octanol–water partition coefficient (Wildman–Crippen LogP) is 1.62. The predicted molar refractivity (Wildman–Crippen MR) is 91.3 cm³/mol. The maximum absolute atomic E-state index is 13.3. The molecule has 5 aliphatic rings. The van der Waals surface area contributed by atoms with Crippen molar-refractivity contribution in [1.82, 2.24) is 4.47 Å². The van der Waals surface area contributed by atoms with E-state index in [0.717, 1.165) is 10.9 Å². The molecule has 146 valence electrons. The first-order valence-corrected chi connectivity index (χ1v) is 11.2. The molecule has 8 heteroatoms. The topological polar surface area (TPSA) is 82.1 Å². The van der Waals surface area contributed by atoms with Gasteiger partial charge in [-0.3, -0.25) is 9.63 Å². The first-order chi connectivity index (χ1) is 12.0. The minimum Gasteiger partial charge on any atom is -0.343 e. The molecule has 0 radical (unpaired) electrons. The molecule has 4 bridgehead atoms. The van der Waals surface area contributed by atoms with E-state index in [1.807, 2.05) is 13.8 Å². The lowest BCUT2D eigenvalue weighted by Crippen LogP contribution is -2.53. The van der Waals surface area contributed by atoms with Crippen LogP contribution in [0.15, 0.2) is 0 Å². The molecule has 0 amide bonds. The molecule has 5 fully saturated rings. The molecule has 2 aliphatic heterocycles. The summed E-state index contributed by atoms with van der Waals surface area (Å²) in [6.07, 6.45) is 1.84. The average Bonchev–Trinajstić information content (AvgIpc) is 3.23. The number of hydrogen-bond donors (Lipinski definition) is 0. The zero-order valence-electron chi connectivity index (χ0n) is 15.7. The largest absolute Gasteiger partial charge is 0.343 e. The van der Waals surface area contributed by atoms with Crippen LogP contribution in [-0.4, -0.2) is 54.6 Å². The summed E-state index contributed by atoms with van der Waals surface area (Å²) in [5, 5.41) is 0. The summed E-state index contributed by atoms with van der Waals surface area (Å²) in [5.41, 5.74) is -1.07. The summed E-state index contributed by atoms with van der Waals surface area (Å²) < 4.78 is 39.6. The Bertz CT molecular complexity index is 777. The molecule has 2 heterocycles. The Hall–Kier alpha value is -0.540. The van der Waals surface area contributed by atoms with Crippen molar-refractivity contribution in [1.29, 1.82) is 0 Å². The molecule has 3 aliphatic carbocycles. The maximum Gasteiger partial charge on any atom is 0.237 e. The van der Waals surface area contributed by atoms with Gasteiger partial charge >= 0.3 is 0 Å². The maximum atomic E-state index is 13.3. The molecule has 0 aromatic rings. The number of Topliss-reactive ketones (excluding diaryl/α,β-unsaturated/α-hetero) is 1. The minimum atomic E-state index is -3.74. The lowest BCUT2D eigenvalue weighted by molar-refractivity contribution is -0.173. The third-order valence-corrected chi connectivity index (χ3v) is 9.50. The summed E-state index contributed by atoms with van der Waals surface area (Å²) in [4.78, 5) is 18.5. The van der Waals surface area contributed by atoms with E-state index < -0.39 is 21.2 Å². The highest BCUT2D eigenvalue weighted by molar-refractivity contribution is 7.89. The smallest absolute Gasteiger partial charge is 0.237 e. The van der Waals surface area contributed by atoms with Gasteiger partial charge in [-0.1, -0.05) is 18.3 Å². The molecule has 0 spiro atoms. The molecule has 7 nitrogen and oxygen atoms in total. The van der Waals surface area contributed by atoms with Gasteiger partial charge in [0.2, 0.25) is 10.0 Å². The molecule has 2 saturated heterocycles. The van der Waals surface area contributed by atoms with Crippen LogP contribution >= 0.6 is 0 Å². The van der Waals surface area contributed by atoms with E-state index in [4.69, 9.17) is 14.3 Å². The van der Waals surface area contributed by atoms with E-state index in [9.17, 15) is 13.2 Å². The van der Waals surface area contributed by atoms with Crippen molar-refractivity contribution in [3.63, 3.8) is 0 Å². The van der Waals surface area contributed by atoms with Crippen molar-refractivity contribution in [3.8, 4) is 0 Å². The standard InChI is InChI=1S/C18H27NO6S/c1-16(2)10-5-6-18(16,13(20)7-10)9-26(21,22)19-11-8-12(25-19)15-14(11)23-17(3,4)24-15/h10-12,14-15H,5-9H2,1-4H3/t10-,11-,12+,14+,15-,18-/m1/s1. The number of carbonyl (C=O) groups excluding carboxylic acids is 1. The monoisotopic (exact) mass is 385 g/mol. The Labute approximate surface area is 154 Å². The second-order valence-corrected chi connectivity index (χ2v) is 11.5. The Morgan fingerprint density at radius 1 is 1.15 bits per heavy atom. The Morgan fingerprint density at radius 3 is 2.46 bits per heavy atom. The quantitative estimate of drug-likeness (QED) is 0.734. The van der Waals surface area contributed by atoms with Gasteiger partial charge in [-0.05, 0) is 44.4 Å². The van der Waals surface area contributed by atoms with Gasteiger partial charge in [0.1, 0.15) is 24.1 Å². The summed E-state index contributed by atoms with van der Waals surface area (Å²) >= 11 is 0. The Balaban J connectivity index is 1.42. The SMILES string of the molecule is CC1(C)O[C@@H]2[C@H](O1)[C@@H]1C[C@H]2N(S(=O)(=O)C[C@]23CC[C@H](CC2=O)C3(C)C)O1. The van der Waals surface area contributed by atoms with E-state index in [2.05, 4.69) is 13.8 Å².